The van der Waals surface area contributed by atoms with Crippen molar-refractivity contribution in [3.05, 3.63) is 54.3 Å². The minimum atomic E-state index is -0.108. The molecule has 3 N–H and O–H groups in total. The molecule has 0 bridgehead atoms. The van der Waals surface area contributed by atoms with Crippen molar-refractivity contribution in [1.29, 1.82) is 0 Å². The fourth-order valence-corrected chi connectivity index (χ4v) is 3.03. The molecule has 26 heavy (non-hydrogen) atoms. The van der Waals surface area contributed by atoms with E-state index in [9.17, 15) is 4.79 Å². The normalized spacial score (nSPS) is 14.2. The van der Waals surface area contributed by atoms with Crippen LogP contribution in [0, 0.1) is 5.92 Å². The number of benzene rings is 1. The molecule has 1 fully saturated rings. The number of hydrogen-bond donors (Lipinski definition) is 2. The minimum absolute atomic E-state index is 0. The standard InChI is InChI=1S/C19H19N3O2.2ClH/c20-11-17(12-7-8-12)22-19(23)14-10-16(18-6-3-9-24-18)21-15-5-2-1-4-13(14)15;;/h1-6,9-10,12,17H,7-8,11,20H2,(H,22,23);2*1H. The first-order valence-corrected chi connectivity index (χ1v) is 8.21. The number of fused-ring (bicyclic) bond motifs is 1. The molecule has 0 spiro atoms. The van der Waals surface area contributed by atoms with Crippen molar-refractivity contribution in [2.45, 2.75) is 18.9 Å². The summed E-state index contributed by atoms with van der Waals surface area (Å²) in [6, 6.07) is 13.1. The molecular weight excluding hydrogens is 373 g/mol. The summed E-state index contributed by atoms with van der Waals surface area (Å²) in [6.45, 7) is 0.463. The van der Waals surface area contributed by atoms with Crippen LogP contribution < -0.4 is 11.1 Å². The molecule has 1 aliphatic rings. The average molecular weight is 394 g/mol. The summed E-state index contributed by atoms with van der Waals surface area (Å²) >= 11 is 0. The van der Waals surface area contributed by atoms with Crippen molar-refractivity contribution in [3.8, 4) is 11.5 Å². The van der Waals surface area contributed by atoms with Crippen LogP contribution >= 0.6 is 24.8 Å². The van der Waals surface area contributed by atoms with Gasteiger partial charge in [-0.05, 0) is 43.0 Å². The van der Waals surface area contributed by atoms with Gasteiger partial charge in [0.05, 0.1) is 17.3 Å². The smallest absolute Gasteiger partial charge is 0.252 e. The fraction of sp³-hybridized carbons (Fsp3) is 0.263. The van der Waals surface area contributed by atoms with E-state index in [-0.39, 0.29) is 36.8 Å². The first-order chi connectivity index (χ1) is 11.8. The number of nitrogens with one attached hydrogen (secondary N) is 1. The fourth-order valence-electron chi connectivity index (χ4n) is 3.03. The summed E-state index contributed by atoms with van der Waals surface area (Å²) < 4.78 is 5.44. The van der Waals surface area contributed by atoms with Gasteiger partial charge in [0.25, 0.3) is 5.91 Å². The molecule has 1 aromatic carbocycles. The lowest BCUT2D eigenvalue weighted by molar-refractivity contribution is 0.0935. The Balaban J connectivity index is 0.00000121. The van der Waals surface area contributed by atoms with Crippen LogP contribution in [0.4, 0.5) is 0 Å². The highest BCUT2D eigenvalue weighted by molar-refractivity contribution is 6.07. The Morgan fingerprint density at radius 3 is 2.65 bits per heavy atom. The lowest BCUT2D eigenvalue weighted by Crippen LogP contribution is -2.41. The summed E-state index contributed by atoms with van der Waals surface area (Å²) in [4.78, 5) is 17.5. The van der Waals surface area contributed by atoms with E-state index in [2.05, 4.69) is 10.3 Å². The Hall–Kier alpha value is -2.08. The number of rotatable bonds is 5. The number of para-hydroxylation sites is 1. The molecule has 7 heteroatoms. The number of nitrogens with zero attached hydrogens (tertiary/aromatic N) is 1. The highest BCUT2D eigenvalue weighted by atomic mass is 35.5. The van der Waals surface area contributed by atoms with Crippen molar-refractivity contribution < 1.29 is 9.21 Å². The number of aromatic nitrogens is 1. The number of furan rings is 1. The number of carbonyl (C=O) groups excluding carboxylic acids is 1. The van der Waals surface area contributed by atoms with E-state index in [1.54, 1.807) is 12.3 Å². The molecule has 2 aromatic heterocycles. The van der Waals surface area contributed by atoms with Crippen molar-refractivity contribution in [3.63, 3.8) is 0 Å². The number of carbonyl (C=O) groups is 1. The van der Waals surface area contributed by atoms with E-state index in [4.69, 9.17) is 10.2 Å². The lowest BCUT2D eigenvalue weighted by Gasteiger charge is -2.17. The number of halogens is 2. The van der Waals surface area contributed by atoms with Crippen LogP contribution in [-0.2, 0) is 0 Å². The first kappa shape index (κ1) is 20.2. The van der Waals surface area contributed by atoms with E-state index in [0.29, 0.717) is 29.5 Å². The average Bonchev–Trinajstić information content (AvgIpc) is 3.31. The van der Waals surface area contributed by atoms with Gasteiger partial charge in [-0.2, -0.15) is 0 Å². The molecule has 0 radical (unpaired) electrons. The molecule has 1 atom stereocenters. The predicted octanol–water partition coefficient (Wildman–Crippen LogP) is 3.81. The van der Waals surface area contributed by atoms with E-state index in [1.165, 1.54) is 0 Å². The Labute approximate surface area is 164 Å². The molecule has 1 amide bonds. The molecule has 1 aliphatic carbocycles. The molecule has 1 saturated carbocycles. The zero-order valence-corrected chi connectivity index (χ0v) is 15.7. The van der Waals surface area contributed by atoms with Crippen LogP contribution in [0.15, 0.2) is 53.1 Å². The van der Waals surface area contributed by atoms with Crippen LogP contribution in [0.3, 0.4) is 0 Å². The molecule has 3 aromatic rings. The zero-order valence-electron chi connectivity index (χ0n) is 14.1. The molecule has 2 heterocycles. The number of nitrogens with two attached hydrogens (primary N) is 1. The van der Waals surface area contributed by atoms with Crippen molar-refractivity contribution in [2.75, 3.05) is 6.54 Å². The SMILES string of the molecule is Cl.Cl.NCC(NC(=O)c1cc(-c2ccco2)nc2ccccc12)C1CC1. The van der Waals surface area contributed by atoms with Crippen LogP contribution in [0.2, 0.25) is 0 Å². The summed E-state index contributed by atoms with van der Waals surface area (Å²) in [5.41, 5.74) is 7.84. The summed E-state index contributed by atoms with van der Waals surface area (Å²) in [5, 5.41) is 3.92. The maximum absolute atomic E-state index is 12.9. The Morgan fingerprint density at radius 1 is 1.23 bits per heavy atom. The predicted molar refractivity (Wildman–Crippen MR) is 107 cm³/mol. The third-order valence-electron chi connectivity index (χ3n) is 4.50. The Morgan fingerprint density at radius 2 is 2.00 bits per heavy atom. The Kier molecular flexibility index (Phi) is 6.64. The van der Waals surface area contributed by atoms with E-state index >= 15 is 0 Å². The molecule has 138 valence electrons. The van der Waals surface area contributed by atoms with Gasteiger partial charge in [-0.3, -0.25) is 4.79 Å². The van der Waals surface area contributed by atoms with Crippen LogP contribution in [0.5, 0.6) is 0 Å². The number of hydrogen-bond acceptors (Lipinski definition) is 4. The molecule has 4 rings (SSSR count). The van der Waals surface area contributed by atoms with Gasteiger partial charge < -0.3 is 15.5 Å². The highest BCUT2D eigenvalue weighted by Gasteiger charge is 2.31. The monoisotopic (exact) mass is 393 g/mol. The molecule has 0 saturated heterocycles. The van der Waals surface area contributed by atoms with E-state index < -0.39 is 0 Å². The molecule has 1 unspecified atom stereocenters. The Bertz CT molecular complexity index is 880. The van der Waals surface area contributed by atoms with Gasteiger partial charge >= 0.3 is 0 Å². The first-order valence-electron chi connectivity index (χ1n) is 8.21. The quantitative estimate of drug-likeness (QED) is 0.690. The maximum Gasteiger partial charge on any atom is 0.252 e. The second-order valence-electron chi connectivity index (χ2n) is 6.20. The zero-order chi connectivity index (χ0) is 16.5. The lowest BCUT2D eigenvalue weighted by atomic mass is 10.0. The maximum atomic E-state index is 12.9. The number of pyridine rings is 1. The van der Waals surface area contributed by atoms with Crippen molar-refractivity contribution >= 4 is 41.6 Å². The van der Waals surface area contributed by atoms with Gasteiger partial charge in [0.2, 0.25) is 0 Å². The second kappa shape index (κ2) is 8.54. The van der Waals surface area contributed by atoms with Crippen molar-refractivity contribution in [1.82, 2.24) is 10.3 Å². The van der Waals surface area contributed by atoms with Crippen molar-refractivity contribution in [2.24, 2.45) is 11.7 Å². The van der Waals surface area contributed by atoms with Crippen LogP contribution in [-0.4, -0.2) is 23.5 Å². The van der Waals surface area contributed by atoms with Gasteiger partial charge in [-0.1, -0.05) is 18.2 Å². The van der Waals surface area contributed by atoms with E-state index in [1.807, 2.05) is 36.4 Å². The summed E-state index contributed by atoms with van der Waals surface area (Å²) in [5.74, 6) is 1.05. The van der Waals surface area contributed by atoms with Gasteiger partial charge in [0.15, 0.2) is 5.76 Å². The number of amides is 1. The highest BCUT2D eigenvalue weighted by Crippen LogP contribution is 2.32. The van der Waals surface area contributed by atoms with Gasteiger partial charge in [0, 0.05) is 18.0 Å². The third kappa shape index (κ3) is 4.01. The molecule has 0 aliphatic heterocycles. The second-order valence-corrected chi connectivity index (χ2v) is 6.20. The van der Waals surface area contributed by atoms with Crippen LogP contribution in [0.1, 0.15) is 23.2 Å². The van der Waals surface area contributed by atoms with Gasteiger partial charge in [0.1, 0.15) is 5.69 Å². The van der Waals surface area contributed by atoms with Gasteiger partial charge in [-0.15, -0.1) is 24.8 Å². The largest absolute Gasteiger partial charge is 0.463 e. The summed E-state index contributed by atoms with van der Waals surface area (Å²) in [7, 11) is 0. The van der Waals surface area contributed by atoms with E-state index in [0.717, 1.165) is 23.7 Å². The molecular formula is C19H21Cl2N3O2. The summed E-state index contributed by atoms with van der Waals surface area (Å²) in [6.07, 6.45) is 3.87. The third-order valence-corrected chi connectivity index (χ3v) is 4.50. The minimum Gasteiger partial charge on any atom is -0.463 e. The van der Waals surface area contributed by atoms with Gasteiger partial charge in [-0.25, -0.2) is 4.98 Å². The van der Waals surface area contributed by atoms with Crippen LogP contribution in [0.25, 0.3) is 22.4 Å². The topological polar surface area (TPSA) is 81.1 Å². The molecule has 5 nitrogen and oxygen atoms in total.